The van der Waals surface area contributed by atoms with Crippen molar-refractivity contribution in [3.8, 4) is 11.4 Å². The summed E-state index contributed by atoms with van der Waals surface area (Å²) in [4.78, 5) is 12.5. The maximum Gasteiger partial charge on any atom is 0.241 e. The lowest BCUT2D eigenvalue weighted by molar-refractivity contribution is -0.118. The molecule has 1 aromatic heterocycles. The van der Waals surface area contributed by atoms with E-state index < -0.39 is 0 Å². The highest BCUT2D eigenvalue weighted by molar-refractivity contribution is 6.33. The average Bonchev–Trinajstić information content (AvgIpc) is 2.92. The standard InChI is InChI=1S/C19H24ClN5O.2ClH/c20-15-9-8-13(22-19(26)16-6-3-4-10-21-16)12-14(15)18-24-23-17-7-2-1-5-11-25(17)18;;/h8-9,12,16,21H,1-7,10-11H2,(H,22,26);2*1H/t16-;;/m1../s1. The monoisotopic (exact) mass is 445 g/mol. The van der Waals surface area contributed by atoms with E-state index in [4.69, 9.17) is 11.6 Å². The Balaban J connectivity index is 0.00000140. The molecule has 1 atom stereocenters. The van der Waals surface area contributed by atoms with Gasteiger partial charge in [-0.05, 0) is 50.4 Å². The number of carbonyl (C=O) groups is 1. The highest BCUT2D eigenvalue weighted by atomic mass is 35.5. The molecule has 2 aromatic rings. The first-order chi connectivity index (χ1) is 12.7. The summed E-state index contributed by atoms with van der Waals surface area (Å²) in [6.07, 6.45) is 7.53. The molecule has 0 bridgehead atoms. The highest BCUT2D eigenvalue weighted by Crippen LogP contribution is 2.31. The van der Waals surface area contributed by atoms with Crippen LogP contribution in [-0.4, -0.2) is 33.3 Å². The van der Waals surface area contributed by atoms with Gasteiger partial charge in [-0.1, -0.05) is 24.4 Å². The van der Waals surface area contributed by atoms with Gasteiger partial charge in [0.1, 0.15) is 5.82 Å². The number of aryl methyl sites for hydroxylation is 1. The second kappa shape index (κ2) is 10.4. The van der Waals surface area contributed by atoms with Crippen LogP contribution in [-0.2, 0) is 17.8 Å². The number of hydrogen-bond donors (Lipinski definition) is 2. The summed E-state index contributed by atoms with van der Waals surface area (Å²) in [6, 6.07) is 5.45. The molecule has 1 fully saturated rings. The van der Waals surface area contributed by atoms with E-state index >= 15 is 0 Å². The van der Waals surface area contributed by atoms with Gasteiger partial charge < -0.3 is 15.2 Å². The zero-order valence-electron chi connectivity index (χ0n) is 15.6. The molecule has 0 radical (unpaired) electrons. The molecule has 1 saturated heterocycles. The number of amides is 1. The Labute approximate surface area is 182 Å². The minimum atomic E-state index is -0.118. The molecule has 3 heterocycles. The molecule has 154 valence electrons. The van der Waals surface area contributed by atoms with Crippen LogP contribution in [0, 0.1) is 0 Å². The predicted octanol–water partition coefficient (Wildman–Crippen LogP) is 4.25. The van der Waals surface area contributed by atoms with Gasteiger partial charge in [0, 0.05) is 24.2 Å². The Bertz CT molecular complexity index is 805. The van der Waals surface area contributed by atoms with Gasteiger partial charge in [-0.3, -0.25) is 4.79 Å². The van der Waals surface area contributed by atoms with Crippen LogP contribution in [0.3, 0.4) is 0 Å². The van der Waals surface area contributed by atoms with E-state index in [-0.39, 0.29) is 36.8 Å². The number of aromatic nitrogens is 3. The number of carbonyl (C=O) groups excluding carboxylic acids is 1. The summed E-state index contributed by atoms with van der Waals surface area (Å²) < 4.78 is 2.17. The number of nitrogens with one attached hydrogen (secondary N) is 2. The summed E-state index contributed by atoms with van der Waals surface area (Å²) in [5, 5.41) is 15.7. The Morgan fingerprint density at radius 2 is 2.00 bits per heavy atom. The van der Waals surface area contributed by atoms with Crippen molar-refractivity contribution in [3.63, 3.8) is 0 Å². The van der Waals surface area contributed by atoms with Crippen molar-refractivity contribution in [2.24, 2.45) is 0 Å². The number of rotatable bonds is 3. The zero-order valence-corrected chi connectivity index (χ0v) is 18.0. The minimum absolute atomic E-state index is 0. The molecule has 0 saturated carbocycles. The number of benzene rings is 1. The second-order valence-corrected chi connectivity index (χ2v) is 7.50. The third-order valence-corrected chi connectivity index (χ3v) is 5.54. The van der Waals surface area contributed by atoms with Crippen molar-refractivity contribution in [1.82, 2.24) is 20.1 Å². The lowest BCUT2D eigenvalue weighted by Crippen LogP contribution is -2.43. The van der Waals surface area contributed by atoms with E-state index in [0.29, 0.717) is 5.02 Å². The van der Waals surface area contributed by atoms with Gasteiger partial charge in [-0.2, -0.15) is 0 Å². The molecule has 1 aromatic carbocycles. The molecule has 6 nitrogen and oxygen atoms in total. The fourth-order valence-electron chi connectivity index (χ4n) is 3.76. The highest BCUT2D eigenvalue weighted by Gasteiger charge is 2.22. The summed E-state index contributed by atoms with van der Waals surface area (Å²) in [7, 11) is 0. The van der Waals surface area contributed by atoms with E-state index in [0.717, 1.165) is 74.5 Å². The molecular formula is C19H26Cl3N5O. The van der Waals surface area contributed by atoms with Crippen molar-refractivity contribution in [2.45, 2.75) is 57.5 Å². The van der Waals surface area contributed by atoms with Crippen LogP contribution in [0.15, 0.2) is 18.2 Å². The van der Waals surface area contributed by atoms with Crippen molar-refractivity contribution in [2.75, 3.05) is 11.9 Å². The zero-order chi connectivity index (χ0) is 17.9. The number of fused-ring (bicyclic) bond motifs is 1. The van der Waals surface area contributed by atoms with Crippen molar-refractivity contribution in [1.29, 1.82) is 0 Å². The number of hydrogen-bond acceptors (Lipinski definition) is 4. The van der Waals surface area contributed by atoms with Gasteiger partial charge in [0.25, 0.3) is 0 Å². The Kier molecular flexibility index (Phi) is 8.56. The van der Waals surface area contributed by atoms with Crippen molar-refractivity contribution < 1.29 is 4.79 Å². The second-order valence-electron chi connectivity index (χ2n) is 7.09. The van der Waals surface area contributed by atoms with Gasteiger partial charge in [-0.15, -0.1) is 35.0 Å². The largest absolute Gasteiger partial charge is 0.325 e. The molecule has 28 heavy (non-hydrogen) atoms. The third-order valence-electron chi connectivity index (χ3n) is 5.21. The molecule has 2 N–H and O–H groups in total. The Morgan fingerprint density at radius 1 is 1.14 bits per heavy atom. The number of piperidine rings is 1. The molecule has 1 amide bonds. The summed E-state index contributed by atoms with van der Waals surface area (Å²) in [5.74, 6) is 1.83. The summed E-state index contributed by atoms with van der Waals surface area (Å²) >= 11 is 6.45. The number of halogens is 3. The van der Waals surface area contributed by atoms with E-state index in [2.05, 4.69) is 25.4 Å². The Morgan fingerprint density at radius 3 is 2.79 bits per heavy atom. The molecule has 0 aliphatic carbocycles. The molecule has 0 unspecified atom stereocenters. The fraction of sp³-hybridized carbons (Fsp3) is 0.526. The molecule has 0 spiro atoms. The van der Waals surface area contributed by atoms with Gasteiger partial charge in [0.05, 0.1) is 11.1 Å². The van der Waals surface area contributed by atoms with Gasteiger partial charge in [0.15, 0.2) is 5.82 Å². The predicted molar refractivity (Wildman–Crippen MR) is 117 cm³/mol. The lowest BCUT2D eigenvalue weighted by atomic mass is 10.0. The first-order valence-electron chi connectivity index (χ1n) is 9.48. The van der Waals surface area contributed by atoms with Crippen LogP contribution < -0.4 is 10.6 Å². The van der Waals surface area contributed by atoms with E-state index in [9.17, 15) is 4.79 Å². The SMILES string of the molecule is Cl.Cl.O=C(Nc1ccc(Cl)c(-c2nnc3n2CCCCC3)c1)[C@H]1CCCCN1. The lowest BCUT2D eigenvalue weighted by Gasteiger charge is -2.22. The van der Waals surface area contributed by atoms with Crippen LogP contribution in [0.25, 0.3) is 11.4 Å². The normalized spacial score (nSPS) is 18.8. The Hall–Kier alpha value is -1.34. The van der Waals surface area contributed by atoms with Gasteiger partial charge in [0.2, 0.25) is 5.91 Å². The molecular weight excluding hydrogens is 421 g/mol. The topological polar surface area (TPSA) is 71.8 Å². The van der Waals surface area contributed by atoms with E-state index in [1.807, 2.05) is 18.2 Å². The maximum atomic E-state index is 12.5. The molecule has 9 heteroatoms. The molecule has 2 aliphatic heterocycles. The average molecular weight is 447 g/mol. The molecule has 4 rings (SSSR count). The third kappa shape index (κ3) is 4.98. The summed E-state index contributed by atoms with van der Waals surface area (Å²) in [6.45, 7) is 1.81. The van der Waals surface area contributed by atoms with Crippen molar-refractivity contribution >= 4 is 48.0 Å². The smallest absolute Gasteiger partial charge is 0.241 e. The van der Waals surface area contributed by atoms with Gasteiger partial charge >= 0.3 is 0 Å². The van der Waals surface area contributed by atoms with Gasteiger partial charge in [-0.25, -0.2) is 0 Å². The quantitative estimate of drug-likeness (QED) is 0.739. The van der Waals surface area contributed by atoms with Crippen LogP contribution in [0.1, 0.15) is 44.3 Å². The van der Waals surface area contributed by atoms with Crippen molar-refractivity contribution in [3.05, 3.63) is 29.0 Å². The van der Waals surface area contributed by atoms with E-state index in [1.54, 1.807) is 0 Å². The van der Waals surface area contributed by atoms with Crippen LogP contribution in [0.2, 0.25) is 5.02 Å². The first-order valence-corrected chi connectivity index (χ1v) is 9.86. The number of anilines is 1. The first kappa shape index (κ1) is 22.9. The van der Waals surface area contributed by atoms with Crippen LogP contribution in [0.4, 0.5) is 5.69 Å². The molecule has 2 aliphatic rings. The van der Waals surface area contributed by atoms with E-state index in [1.165, 1.54) is 6.42 Å². The summed E-state index contributed by atoms with van der Waals surface area (Å²) in [5.41, 5.74) is 1.56. The number of nitrogens with zero attached hydrogens (tertiary/aromatic N) is 3. The maximum absolute atomic E-state index is 12.5. The fourth-order valence-corrected chi connectivity index (χ4v) is 3.97. The van der Waals surface area contributed by atoms with Crippen LogP contribution >= 0.6 is 36.4 Å². The minimum Gasteiger partial charge on any atom is -0.325 e. The van der Waals surface area contributed by atoms with Crippen LogP contribution in [0.5, 0.6) is 0 Å².